The molecule has 0 saturated carbocycles. The first-order chi connectivity index (χ1) is 48.8. The molecule has 1 amide bonds. The molecule has 584 valence electrons. The Morgan fingerprint density at radius 2 is 0.690 bits per heavy atom. The van der Waals surface area contributed by atoms with E-state index in [0.717, 1.165) is 70.6 Å². The largest absolute Gasteiger partial charge is 0.394 e. The highest BCUT2D eigenvalue weighted by molar-refractivity contribution is 5.76. The first kappa shape index (κ1) is 91.7. The Labute approximate surface area is 605 Å². The molecule has 3 saturated heterocycles. The third kappa shape index (κ3) is 41.4. The fourth-order valence-corrected chi connectivity index (χ4v) is 13.6. The fraction of sp³-hybridized carbons (Fsp3) is 0.864. The maximum Gasteiger partial charge on any atom is 0.220 e. The molecule has 0 aliphatic carbocycles. The first-order valence-electron chi connectivity index (χ1n) is 40.5. The first-order valence-corrected chi connectivity index (χ1v) is 40.5. The molecular weight excluding hydrogens is 1270 g/mol. The number of aliphatic hydroxyl groups excluding tert-OH is 11. The maximum atomic E-state index is 13.4. The predicted molar refractivity (Wildman–Crippen MR) is 397 cm³/mol. The van der Waals surface area contributed by atoms with Crippen LogP contribution in [0.5, 0.6) is 0 Å². The summed E-state index contributed by atoms with van der Waals surface area (Å²) in [6, 6.07) is -0.972. The van der Waals surface area contributed by atoms with E-state index < -0.39 is 124 Å². The van der Waals surface area contributed by atoms with E-state index in [1.54, 1.807) is 6.08 Å². The molecule has 0 spiro atoms. The minimum Gasteiger partial charge on any atom is -0.394 e. The summed E-state index contributed by atoms with van der Waals surface area (Å²) in [5.41, 5.74) is 0. The molecule has 100 heavy (non-hydrogen) atoms. The number of hydrogen-bond acceptors (Lipinski definition) is 18. The van der Waals surface area contributed by atoms with E-state index in [1.807, 2.05) is 6.08 Å². The molecule has 0 aromatic heterocycles. The van der Waals surface area contributed by atoms with Crippen LogP contribution in [0.15, 0.2) is 60.8 Å². The Balaban J connectivity index is 1.27. The van der Waals surface area contributed by atoms with Crippen LogP contribution < -0.4 is 5.32 Å². The van der Waals surface area contributed by atoms with Gasteiger partial charge in [0.05, 0.1) is 38.6 Å². The SMILES string of the molecule is CC/C=C\C/C=C\C/C=C\C/C=C\CCCCCCCCCCCCCCCCCCCCCCCCCCCCCCC(=O)NC(COC1OC(CO)C(OC2OC(CO)C(OC3OC(CO)C(O)C(O)C3O)C(O)C2O)C(O)C1O)C(O)/C=C/CCCCCCCCCCCCCC. The summed E-state index contributed by atoms with van der Waals surface area (Å²) in [6.45, 7) is 1.64. The number of aliphatic hydroxyl groups is 11. The van der Waals surface area contributed by atoms with Gasteiger partial charge in [0.25, 0.3) is 0 Å². The molecule has 3 aliphatic heterocycles. The zero-order valence-electron chi connectivity index (χ0n) is 62.4. The van der Waals surface area contributed by atoms with Gasteiger partial charge in [0.2, 0.25) is 5.91 Å². The van der Waals surface area contributed by atoms with E-state index in [4.69, 9.17) is 28.4 Å². The van der Waals surface area contributed by atoms with E-state index in [9.17, 15) is 61.0 Å². The normalized spacial score (nSPS) is 26.8. The number of carbonyl (C=O) groups excluding carboxylic acids is 1. The lowest BCUT2D eigenvalue weighted by Gasteiger charge is -2.48. The molecule has 3 heterocycles. The third-order valence-corrected chi connectivity index (χ3v) is 20.1. The van der Waals surface area contributed by atoms with Crippen LogP contribution in [0.4, 0.5) is 0 Å². The van der Waals surface area contributed by atoms with Gasteiger partial charge in [-0.15, -0.1) is 0 Å². The summed E-state index contributed by atoms with van der Waals surface area (Å²) in [5, 5.41) is 121. The van der Waals surface area contributed by atoms with Crippen molar-refractivity contribution in [2.24, 2.45) is 0 Å². The average molecular weight is 1420 g/mol. The molecule has 0 bridgehead atoms. The highest BCUT2D eigenvalue weighted by Crippen LogP contribution is 2.33. The second-order valence-electron chi connectivity index (χ2n) is 28.9. The van der Waals surface area contributed by atoms with Crippen LogP contribution in [0.1, 0.15) is 316 Å². The number of ether oxygens (including phenoxy) is 6. The lowest BCUT2D eigenvalue weighted by Crippen LogP contribution is -2.66. The van der Waals surface area contributed by atoms with Gasteiger partial charge in [-0.05, 0) is 57.8 Å². The van der Waals surface area contributed by atoms with Gasteiger partial charge in [0.15, 0.2) is 18.9 Å². The molecule has 0 radical (unpaired) electrons. The van der Waals surface area contributed by atoms with Crippen molar-refractivity contribution < 1.29 is 89.4 Å². The van der Waals surface area contributed by atoms with Gasteiger partial charge < -0.3 is 89.9 Å². The molecule has 0 aromatic rings. The van der Waals surface area contributed by atoms with Crippen LogP contribution in [-0.4, -0.2) is 193 Å². The van der Waals surface area contributed by atoms with Gasteiger partial charge in [-0.25, -0.2) is 0 Å². The summed E-state index contributed by atoms with van der Waals surface area (Å²) >= 11 is 0. The standard InChI is InChI=1S/C81H147NO18/c1-3-5-7-9-11-13-15-17-19-20-21-22-23-24-25-26-27-28-29-30-31-32-33-34-35-36-37-38-39-40-41-42-43-44-45-47-49-51-53-55-57-59-69(87)82-64(65(86)58-56-54-52-50-48-46-18-16-14-12-10-8-6-4-2)63-95-79-75(93)72(90)77(67(61-84)97-79)100-81-76(94)73(91)78(68(62-85)98-81)99-80-74(92)71(89)70(88)66(60-83)96-80/h5,7,11,13,17,19,21-22,56,58,64-68,70-81,83-86,88-94H,3-4,6,8-10,12,14-16,18,20,23-55,57,59-63H2,1-2H3,(H,82,87)/b7-5-,13-11-,19-17-,22-21-,58-56+. The highest BCUT2D eigenvalue weighted by atomic mass is 16.8. The lowest BCUT2D eigenvalue weighted by atomic mass is 9.96. The van der Waals surface area contributed by atoms with Crippen molar-refractivity contribution in [2.45, 2.75) is 420 Å². The minimum atomic E-state index is -1.98. The van der Waals surface area contributed by atoms with E-state index in [2.05, 4.69) is 67.8 Å². The summed E-state index contributed by atoms with van der Waals surface area (Å²) in [7, 11) is 0. The quantitative estimate of drug-likeness (QED) is 0.0199. The molecule has 3 rings (SSSR count). The molecule has 19 heteroatoms. The smallest absolute Gasteiger partial charge is 0.220 e. The summed E-state index contributed by atoms with van der Waals surface area (Å²) in [5.74, 6) is -0.271. The number of rotatable bonds is 64. The van der Waals surface area contributed by atoms with Gasteiger partial charge in [-0.1, -0.05) is 312 Å². The van der Waals surface area contributed by atoms with E-state index >= 15 is 0 Å². The minimum absolute atomic E-state index is 0.247. The van der Waals surface area contributed by atoms with Crippen LogP contribution >= 0.6 is 0 Å². The van der Waals surface area contributed by atoms with Crippen LogP contribution in [0.2, 0.25) is 0 Å². The number of carbonyl (C=O) groups is 1. The topological polar surface area (TPSA) is 307 Å². The van der Waals surface area contributed by atoms with Gasteiger partial charge in [-0.2, -0.15) is 0 Å². The number of amides is 1. The van der Waals surface area contributed by atoms with Crippen LogP contribution in [0.25, 0.3) is 0 Å². The summed E-state index contributed by atoms with van der Waals surface area (Å²) in [6.07, 6.45) is 52.4. The van der Waals surface area contributed by atoms with Crippen molar-refractivity contribution in [1.29, 1.82) is 0 Å². The monoisotopic (exact) mass is 1420 g/mol. The van der Waals surface area contributed by atoms with Crippen molar-refractivity contribution in [1.82, 2.24) is 5.32 Å². The summed E-state index contributed by atoms with van der Waals surface area (Å²) < 4.78 is 34.4. The lowest BCUT2D eigenvalue weighted by molar-refractivity contribution is -0.379. The van der Waals surface area contributed by atoms with Crippen molar-refractivity contribution in [2.75, 3.05) is 26.4 Å². The van der Waals surface area contributed by atoms with E-state index in [-0.39, 0.29) is 18.9 Å². The number of unbranched alkanes of at least 4 members (excludes halogenated alkanes) is 40. The third-order valence-electron chi connectivity index (χ3n) is 20.1. The molecular formula is C81H147NO18. The van der Waals surface area contributed by atoms with Crippen LogP contribution in [-0.2, 0) is 33.2 Å². The van der Waals surface area contributed by atoms with Crippen molar-refractivity contribution in [3.8, 4) is 0 Å². The van der Waals surface area contributed by atoms with Crippen LogP contribution in [0, 0.1) is 0 Å². The Bertz CT molecular complexity index is 2040. The second kappa shape index (κ2) is 61.6. The average Bonchev–Trinajstić information content (AvgIpc) is 0.783. The molecule has 3 fully saturated rings. The Morgan fingerprint density at radius 3 is 1.08 bits per heavy atom. The number of allylic oxidation sites excluding steroid dienone is 9. The molecule has 17 unspecified atom stereocenters. The van der Waals surface area contributed by atoms with Crippen molar-refractivity contribution >= 4 is 5.91 Å². The summed E-state index contributed by atoms with van der Waals surface area (Å²) in [4.78, 5) is 13.4. The Kier molecular flexibility index (Phi) is 56.5. The number of hydrogen-bond donors (Lipinski definition) is 12. The number of nitrogens with one attached hydrogen (secondary N) is 1. The molecule has 0 aromatic carbocycles. The Hall–Kier alpha value is -2.51. The van der Waals surface area contributed by atoms with Crippen molar-refractivity contribution in [3.63, 3.8) is 0 Å². The predicted octanol–water partition coefficient (Wildman–Crippen LogP) is 13.5. The second-order valence-corrected chi connectivity index (χ2v) is 28.9. The highest BCUT2D eigenvalue weighted by Gasteiger charge is 2.54. The van der Waals surface area contributed by atoms with Gasteiger partial charge in [-0.3, -0.25) is 4.79 Å². The molecule has 3 aliphatic rings. The van der Waals surface area contributed by atoms with Crippen LogP contribution in [0.3, 0.4) is 0 Å². The van der Waals surface area contributed by atoms with Crippen molar-refractivity contribution in [3.05, 3.63) is 60.8 Å². The zero-order chi connectivity index (χ0) is 72.5. The fourth-order valence-electron chi connectivity index (χ4n) is 13.6. The van der Waals surface area contributed by atoms with E-state index in [0.29, 0.717) is 6.42 Å². The zero-order valence-corrected chi connectivity index (χ0v) is 62.4. The van der Waals surface area contributed by atoms with Gasteiger partial charge >= 0.3 is 0 Å². The van der Waals surface area contributed by atoms with Gasteiger partial charge in [0, 0.05) is 6.42 Å². The molecule has 12 N–H and O–H groups in total. The maximum absolute atomic E-state index is 13.4. The van der Waals surface area contributed by atoms with Gasteiger partial charge in [0.1, 0.15) is 73.2 Å². The van der Waals surface area contributed by atoms with E-state index in [1.165, 1.54) is 218 Å². The molecule has 17 atom stereocenters. The molecule has 19 nitrogen and oxygen atoms in total. The Morgan fingerprint density at radius 1 is 0.370 bits per heavy atom.